The highest BCUT2D eigenvalue weighted by Crippen LogP contribution is 2.38. The molecule has 1 unspecified atom stereocenters. The van der Waals surface area contributed by atoms with Crippen LogP contribution >= 0.6 is 11.6 Å². The van der Waals surface area contributed by atoms with Crippen molar-refractivity contribution < 1.29 is 0 Å². The summed E-state index contributed by atoms with van der Waals surface area (Å²) in [7, 11) is 0. The molecule has 4 aromatic rings. The second kappa shape index (κ2) is 8.76. The molecule has 2 aromatic heterocycles. The summed E-state index contributed by atoms with van der Waals surface area (Å²) < 4.78 is 0. The molecule has 1 aliphatic heterocycles. The van der Waals surface area contributed by atoms with E-state index in [9.17, 15) is 0 Å². The molecule has 0 saturated heterocycles. The van der Waals surface area contributed by atoms with Gasteiger partial charge in [-0.15, -0.1) is 0 Å². The van der Waals surface area contributed by atoms with Crippen LogP contribution in [0, 0.1) is 0 Å². The predicted octanol–water partition coefficient (Wildman–Crippen LogP) is 5.11. The number of aliphatic imine (C=N–C) groups is 1. The Bertz CT molecular complexity index is 1320. The van der Waals surface area contributed by atoms with E-state index in [4.69, 9.17) is 28.1 Å². The molecule has 1 aliphatic rings. The van der Waals surface area contributed by atoms with E-state index in [1.54, 1.807) is 12.4 Å². The molecule has 0 amide bonds. The molecule has 6 N–H and O–H groups in total. The number of nitrogens with zero attached hydrogens (tertiary/aromatic N) is 4. The van der Waals surface area contributed by atoms with E-state index < -0.39 is 0 Å². The number of hydrogen-bond acceptors (Lipinski definition) is 8. The predicted molar refractivity (Wildman–Crippen MR) is 133 cm³/mol. The standard InChI is InChI=1S/C24H21ClN8/c25-16-6-4-14(5-7-16)19-13-20(30-21-22(26)32-24(27)33-23(21)31-19)15-2-1-3-18(12-15)29-17-8-10-28-11-9-17/h1-12,19H,13H2,(H,28,29)(H5,26,27,31,32,33). The Kier molecular flexibility index (Phi) is 5.50. The lowest BCUT2D eigenvalue weighted by Gasteiger charge is -2.19. The number of benzene rings is 2. The number of nitrogens with two attached hydrogens (primary N) is 2. The molecule has 1 atom stereocenters. The van der Waals surface area contributed by atoms with Crippen LogP contribution in [0.4, 0.5) is 34.6 Å². The molecule has 164 valence electrons. The molecule has 3 heterocycles. The molecular formula is C24H21ClN8. The number of nitrogens with one attached hydrogen (secondary N) is 2. The molecule has 0 bridgehead atoms. The van der Waals surface area contributed by atoms with Crippen LogP contribution in [0.5, 0.6) is 0 Å². The third-order valence-corrected chi connectivity index (χ3v) is 5.57. The van der Waals surface area contributed by atoms with Gasteiger partial charge < -0.3 is 22.1 Å². The summed E-state index contributed by atoms with van der Waals surface area (Å²) in [4.78, 5) is 17.4. The smallest absolute Gasteiger partial charge is 0.224 e. The maximum atomic E-state index is 6.17. The number of rotatable bonds is 4. The molecule has 0 fully saturated rings. The first-order valence-corrected chi connectivity index (χ1v) is 10.7. The Hall–Kier alpha value is -4.17. The number of fused-ring (bicyclic) bond motifs is 1. The van der Waals surface area contributed by atoms with Gasteiger partial charge in [0.2, 0.25) is 5.95 Å². The third kappa shape index (κ3) is 4.56. The summed E-state index contributed by atoms with van der Waals surface area (Å²) >= 11 is 6.11. The Morgan fingerprint density at radius 1 is 0.939 bits per heavy atom. The number of hydrogen-bond donors (Lipinski definition) is 4. The van der Waals surface area contributed by atoms with Crippen molar-refractivity contribution >= 4 is 52.0 Å². The van der Waals surface area contributed by atoms with E-state index in [0.29, 0.717) is 22.9 Å². The van der Waals surface area contributed by atoms with Crippen LogP contribution in [0.2, 0.25) is 5.02 Å². The maximum Gasteiger partial charge on any atom is 0.224 e. The summed E-state index contributed by atoms with van der Waals surface area (Å²) in [5, 5.41) is 7.51. The summed E-state index contributed by atoms with van der Waals surface area (Å²) in [6.45, 7) is 0. The zero-order chi connectivity index (χ0) is 22.8. The van der Waals surface area contributed by atoms with Crippen molar-refractivity contribution in [2.75, 3.05) is 22.1 Å². The summed E-state index contributed by atoms with van der Waals surface area (Å²) in [5.74, 6) is 0.821. The first-order valence-electron chi connectivity index (χ1n) is 10.4. The highest BCUT2D eigenvalue weighted by Gasteiger charge is 2.24. The SMILES string of the molecule is Nc1nc(N)c2c(n1)NC(c1ccc(Cl)cc1)CC(c1cccc(Nc3ccncc3)c1)=N2. The fourth-order valence-corrected chi connectivity index (χ4v) is 3.87. The van der Waals surface area contributed by atoms with Crippen molar-refractivity contribution in [3.05, 3.63) is 89.2 Å². The molecule has 0 saturated carbocycles. The van der Waals surface area contributed by atoms with Crippen molar-refractivity contribution in [2.45, 2.75) is 12.5 Å². The highest BCUT2D eigenvalue weighted by atomic mass is 35.5. The molecule has 9 heteroatoms. The normalized spacial score (nSPS) is 15.1. The highest BCUT2D eigenvalue weighted by molar-refractivity contribution is 6.30. The Balaban J connectivity index is 1.56. The van der Waals surface area contributed by atoms with Gasteiger partial charge in [0.05, 0.1) is 11.8 Å². The van der Waals surface area contributed by atoms with Crippen molar-refractivity contribution in [3.8, 4) is 0 Å². The summed E-state index contributed by atoms with van der Waals surface area (Å²) in [6.07, 6.45) is 4.08. The lowest BCUT2D eigenvalue weighted by atomic mass is 9.97. The van der Waals surface area contributed by atoms with Crippen LogP contribution in [0.15, 0.2) is 78.0 Å². The molecule has 33 heavy (non-hydrogen) atoms. The second-order valence-electron chi connectivity index (χ2n) is 7.62. The van der Waals surface area contributed by atoms with Gasteiger partial charge in [0.1, 0.15) is 5.69 Å². The van der Waals surface area contributed by atoms with Gasteiger partial charge in [-0.25, -0.2) is 4.99 Å². The van der Waals surface area contributed by atoms with Crippen molar-refractivity contribution in [1.29, 1.82) is 0 Å². The molecule has 8 nitrogen and oxygen atoms in total. The van der Waals surface area contributed by atoms with E-state index in [0.717, 1.165) is 28.2 Å². The minimum absolute atomic E-state index is 0.0933. The lowest BCUT2D eigenvalue weighted by Crippen LogP contribution is -2.15. The van der Waals surface area contributed by atoms with Gasteiger partial charge in [-0.3, -0.25) is 4.98 Å². The fourth-order valence-electron chi connectivity index (χ4n) is 3.75. The number of aromatic nitrogens is 3. The van der Waals surface area contributed by atoms with Gasteiger partial charge in [-0.05, 0) is 47.5 Å². The first kappa shape index (κ1) is 20.7. The monoisotopic (exact) mass is 456 g/mol. The quantitative estimate of drug-likeness (QED) is 0.336. The number of anilines is 5. The average Bonchev–Trinajstić information content (AvgIpc) is 3.01. The zero-order valence-corrected chi connectivity index (χ0v) is 18.3. The number of pyridine rings is 1. The fraction of sp³-hybridized carbons (Fsp3) is 0.0833. The van der Waals surface area contributed by atoms with Crippen molar-refractivity contribution in [1.82, 2.24) is 15.0 Å². The zero-order valence-electron chi connectivity index (χ0n) is 17.5. The van der Waals surface area contributed by atoms with E-state index in [1.165, 1.54) is 0 Å². The second-order valence-corrected chi connectivity index (χ2v) is 8.05. The lowest BCUT2D eigenvalue weighted by molar-refractivity contribution is 0.822. The van der Waals surface area contributed by atoms with Crippen LogP contribution < -0.4 is 22.1 Å². The topological polar surface area (TPSA) is 127 Å². The van der Waals surface area contributed by atoms with E-state index in [-0.39, 0.29) is 17.8 Å². The van der Waals surface area contributed by atoms with Gasteiger partial charge in [0.15, 0.2) is 11.6 Å². The molecule has 0 aliphatic carbocycles. The summed E-state index contributed by atoms with van der Waals surface area (Å²) in [6, 6.07) is 19.5. The Labute approximate surface area is 195 Å². The van der Waals surface area contributed by atoms with E-state index in [1.807, 2.05) is 54.6 Å². The van der Waals surface area contributed by atoms with Crippen LogP contribution in [0.25, 0.3) is 0 Å². The first-order chi connectivity index (χ1) is 16.0. The minimum atomic E-state index is -0.118. The van der Waals surface area contributed by atoms with E-state index >= 15 is 0 Å². The third-order valence-electron chi connectivity index (χ3n) is 5.32. The van der Waals surface area contributed by atoms with Crippen molar-refractivity contribution in [2.24, 2.45) is 4.99 Å². The van der Waals surface area contributed by atoms with E-state index in [2.05, 4.69) is 31.7 Å². The van der Waals surface area contributed by atoms with Crippen LogP contribution in [0.1, 0.15) is 23.6 Å². The van der Waals surface area contributed by atoms with Crippen LogP contribution in [-0.2, 0) is 0 Å². The molecular weight excluding hydrogens is 436 g/mol. The molecule has 5 rings (SSSR count). The number of halogens is 1. The maximum absolute atomic E-state index is 6.17. The number of nitrogen functional groups attached to an aromatic ring is 2. The van der Waals surface area contributed by atoms with Gasteiger partial charge in [0.25, 0.3) is 0 Å². The molecule has 0 radical (unpaired) electrons. The van der Waals surface area contributed by atoms with Gasteiger partial charge in [0, 0.05) is 35.2 Å². The Morgan fingerprint density at radius 3 is 2.52 bits per heavy atom. The van der Waals surface area contributed by atoms with Crippen LogP contribution in [0.3, 0.4) is 0 Å². The van der Waals surface area contributed by atoms with Gasteiger partial charge >= 0.3 is 0 Å². The van der Waals surface area contributed by atoms with Crippen LogP contribution in [-0.4, -0.2) is 20.7 Å². The van der Waals surface area contributed by atoms with Gasteiger partial charge in [-0.1, -0.05) is 35.9 Å². The largest absolute Gasteiger partial charge is 0.382 e. The minimum Gasteiger partial charge on any atom is -0.382 e. The molecule has 2 aromatic carbocycles. The van der Waals surface area contributed by atoms with Crippen molar-refractivity contribution in [3.63, 3.8) is 0 Å². The summed E-state index contributed by atoms with van der Waals surface area (Å²) in [5.41, 5.74) is 17.2. The molecule has 0 spiro atoms. The van der Waals surface area contributed by atoms with Gasteiger partial charge in [-0.2, -0.15) is 9.97 Å². The Morgan fingerprint density at radius 2 is 1.73 bits per heavy atom. The average molecular weight is 457 g/mol.